The molecule has 2 rings (SSSR count). The van der Waals surface area contributed by atoms with Crippen molar-refractivity contribution in [2.45, 2.75) is 32.1 Å². The van der Waals surface area contributed by atoms with Crippen LogP contribution in [-0.2, 0) is 0 Å². The number of nitrogens with two attached hydrogens (primary N) is 1. The van der Waals surface area contributed by atoms with Gasteiger partial charge in [0.25, 0.3) is 0 Å². The Kier molecular flexibility index (Phi) is 10.8. The minimum atomic E-state index is 0.251. The molecule has 0 amide bonds. The zero-order chi connectivity index (χ0) is 20.9. The van der Waals surface area contributed by atoms with Gasteiger partial charge in [0.05, 0.1) is 6.61 Å². The molecule has 0 saturated carbocycles. The molecule has 0 bridgehead atoms. The second-order valence-corrected chi connectivity index (χ2v) is 8.28. The Labute approximate surface area is 191 Å². The molecule has 156 valence electrons. The third-order valence-electron chi connectivity index (χ3n) is 4.08. The molecule has 0 heterocycles. The first-order chi connectivity index (χ1) is 14.0. The van der Waals surface area contributed by atoms with Crippen LogP contribution < -0.4 is 26.4 Å². The van der Waals surface area contributed by atoms with Gasteiger partial charge in [0.15, 0.2) is 10.2 Å². The first-order valence-corrected chi connectivity index (χ1v) is 11.2. The zero-order valence-corrected chi connectivity index (χ0v) is 19.5. The van der Waals surface area contributed by atoms with Crippen molar-refractivity contribution in [3.05, 3.63) is 53.0 Å². The van der Waals surface area contributed by atoms with Crippen molar-refractivity contribution in [1.82, 2.24) is 5.32 Å². The number of anilines is 2. The molecule has 5 nitrogen and oxygen atoms in total. The smallest absolute Gasteiger partial charge is 0.170 e. The largest absolute Gasteiger partial charge is 0.494 e. The van der Waals surface area contributed by atoms with Crippen molar-refractivity contribution in [2.24, 2.45) is 5.73 Å². The monoisotopic (exact) mass is 494 g/mol. The summed E-state index contributed by atoms with van der Waals surface area (Å²) in [6.45, 7) is 1.58. The van der Waals surface area contributed by atoms with Crippen LogP contribution in [0.15, 0.2) is 53.0 Å². The van der Waals surface area contributed by atoms with E-state index in [9.17, 15) is 0 Å². The van der Waals surface area contributed by atoms with Gasteiger partial charge >= 0.3 is 0 Å². The van der Waals surface area contributed by atoms with Gasteiger partial charge in [-0.1, -0.05) is 41.3 Å². The van der Waals surface area contributed by atoms with Gasteiger partial charge in [0, 0.05) is 28.5 Å². The molecule has 2 aromatic carbocycles. The summed E-state index contributed by atoms with van der Waals surface area (Å²) in [5.74, 6) is 0.822. The Bertz CT molecular complexity index is 787. The number of hydrogen-bond donors (Lipinski definition) is 4. The van der Waals surface area contributed by atoms with Crippen molar-refractivity contribution in [3.63, 3.8) is 0 Å². The molecule has 29 heavy (non-hydrogen) atoms. The SMILES string of the molecule is NC(=S)Nc1cccc(OCCCCCCCNC(=S)Nc2ccc(Br)cc2)c1. The highest BCUT2D eigenvalue weighted by molar-refractivity contribution is 9.10. The fourth-order valence-corrected chi connectivity index (χ4v) is 3.27. The van der Waals surface area contributed by atoms with Crippen molar-refractivity contribution in [1.29, 1.82) is 0 Å². The van der Waals surface area contributed by atoms with E-state index in [1.807, 2.05) is 48.5 Å². The molecule has 0 atom stereocenters. The molecular formula is C21H27BrN4OS2. The van der Waals surface area contributed by atoms with Crippen LogP contribution >= 0.6 is 40.4 Å². The maximum atomic E-state index is 5.79. The second kappa shape index (κ2) is 13.3. The lowest BCUT2D eigenvalue weighted by Crippen LogP contribution is -2.29. The Morgan fingerprint density at radius 2 is 1.62 bits per heavy atom. The highest BCUT2D eigenvalue weighted by Gasteiger charge is 1.99. The first kappa shape index (κ1) is 23.4. The molecule has 5 N–H and O–H groups in total. The summed E-state index contributed by atoms with van der Waals surface area (Å²) in [6, 6.07) is 15.6. The number of halogens is 1. The lowest BCUT2D eigenvalue weighted by Gasteiger charge is -2.11. The molecule has 0 fully saturated rings. The van der Waals surface area contributed by atoms with Gasteiger partial charge in [-0.25, -0.2) is 0 Å². The minimum Gasteiger partial charge on any atom is -0.494 e. The van der Waals surface area contributed by atoms with Crippen molar-refractivity contribution in [3.8, 4) is 5.75 Å². The number of thiocarbonyl (C=S) groups is 2. The van der Waals surface area contributed by atoms with Gasteiger partial charge in [-0.2, -0.15) is 0 Å². The summed E-state index contributed by atoms with van der Waals surface area (Å²) in [4.78, 5) is 0. The topological polar surface area (TPSA) is 71.3 Å². The molecule has 0 aliphatic heterocycles. The number of unbranched alkanes of at least 4 members (excludes halogenated alkanes) is 4. The van der Waals surface area contributed by atoms with E-state index in [-0.39, 0.29) is 5.11 Å². The minimum absolute atomic E-state index is 0.251. The van der Waals surface area contributed by atoms with Gasteiger partial charge in [-0.3, -0.25) is 0 Å². The Hall–Kier alpha value is -1.90. The van der Waals surface area contributed by atoms with Crippen LogP contribution in [0.3, 0.4) is 0 Å². The van der Waals surface area contributed by atoms with E-state index < -0.39 is 0 Å². The molecule has 2 aromatic rings. The summed E-state index contributed by atoms with van der Waals surface area (Å²) in [6.07, 6.45) is 5.62. The predicted octanol–water partition coefficient (Wildman–Crippen LogP) is 5.42. The number of rotatable bonds is 11. The van der Waals surface area contributed by atoms with Crippen LogP contribution in [-0.4, -0.2) is 23.4 Å². The fourth-order valence-electron chi connectivity index (χ4n) is 2.66. The Morgan fingerprint density at radius 1 is 0.897 bits per heavy atom. The summed E-state index contributed by atoms with van der Waals surface area (Å²) in [7, 11) is 0. The quantitative estimate of drug-likeness (QED) is 0.245. The molecule has 0 unspecified atom stereocenters. The Morgan fingerprint density at radius 3 is 2.38 bits per heavy atom. The van der Waals surface area contributed by atoms with E-state index in [4.69, 9.17) is 34.9 Å². The van der Waals surface area contributed by atoms with Gasteiger partial charge < -0.3 is 26.4 Å². The fraction of sp³-hybridized carbons (Fsp3) is 0.333. The molecular weight excluding hydrogens is 468 g/mol. The van der Waals surface area contributed by atoms with E-state index in [2.05, 4.69) is 31.9 Å². The summed E-state index contributed by atoms with van der Waals surface area (Å²) < 4.78 is 6.84. The number of benzene rings is 2. The van der Waals surface area contributed by atoms with Gasteiger partial charge in [-0.05, 0) is 73.7 Å². The van der Waals surface area contributed by atoms with Crippen LogP contribution in [0.4, 0.5) is 11.4 Å². The number of nitrogens with one attached hydrogen (secondary N) is 3. The molecule has 0 spiro atoms. The van der Waals surface area contributed by atoms with E-state index in [1.54, 1.807) is 0 Å². The Balaban J connectivity index is 1.47. The van der Waals surface area contributed by atoms with Crippen LogP contribution in [0.2, 0.25) is 0 Å². The van der Waals surface area contributed by atoms with Gasteiger partial charge in [-0.15, -0.1) is 0 Å². The van der Waals surface area contributed by atoms with E-state index in [1.165, 1.54) is 12.8 Å². The molecule has 0 aromatic heterocycles. The molecule has 0 saturated heterocycles. The molecule has 0 radical (unpaired) electrons. The summed E-state index contributed by atoms with van der Waals surface area (Å²) in [5, 5.41) is 10.2. The van der Waals surface area contributed by atoms with Crippen LogP contribution in [0, 0.1) is 0 Å². The van der Waals surface area contributed by atoms with E-state index in [0.29, 0.717) is 11.7 Å². The molecule has 0 aliphatic carbocycles. The predicted molar refractivity (Wildman–Crippen MR) is 134 cm³/mol. The van der Waals surface area contributed by atoms with E-state index >= 15 is 0 Å². The standard InChI is InChI=1S/C21H27BrN4OS2/c22-16-9-11-17(12-10-16)26-21(29)24-13-4-2-1-3-5-14-27-19-8-6-7-18(15-19)25-20(23)28/h6-12,15H,1-5,13-14H2,(H3,23,25,28)(H2,24,26,29). The van der Waals surface area contributed by atoms with Crippen molar-refractivity contribution < 1.29 is 4.74 Å². The van der Waals surface area contributed by atoms with Crippen LogP contribution in [0.5, 0.6) is 5.75 Å². The number of hydrogen-bond acceptors (Lipinski definition) is 3. The average molecular weight is 496 g/mol. The zero-order valence-electron chi connectivity index (χ0n) is 16.2. The van der Waals surface area contributed by atoms with Crippen molar-refractivity contribution >= 4 is 62.0 Å². The third kappa shape index (κ3) is 10.4. The number of ether oxygens (including phenoxy) is 1. The average Bonchev–Trinajstić information content (AvgIpc) is 2.68. The van der Waals surface area contributed by atoms with Gasteiger partial charge in [0.1, 0.15) is 5.75 Å². The summed E-state index contributed by atoms with van der Waals surface area (Å²) >= 11 is 13.6. The van der Waals surface area contributed by atoms with Crippen LogP contribution in [0.1, 0.15) is 32.1 Å². The summed E-state index contributed by atoms with van der Waals surface area (Å²) in [5.41, 5.74) is 7.31. The van der Waals surface area contributed by atoms with Crippen molar-refractivity contribution in [2.75, 3.05) is 23.8 Å². The second-order valence-electron chi connectivity index (χ2n) is 6.52. The highest BCUT2D eigenvalue weighted by Crippen LogP contribution is 2.18. The molecule has 8 heteroatoms. The highest BCUT2D eigenvalue weighted by atomic mass is 79.9. The maximum Gasteiger partial charge on any atom is 0.170 e. The van der Waals surface area contributed by atoms with E-state index in [0.717, 1.165) is 47.4 Å². The normalized spacial score (nSPS) is 10.2. The first-order valence-electron chi connectivity index (χ1n) is 9.62. The molecule has 0 aliphatic rings. The lowest BCUT2D eigenvalue weighted by molar-refractivity contribution is 0.304. The maximum absolute atomic E-state index is 5.79. The van der Waals surface area contributed by atoms with Gasteiger partial charge in [0.2, 0.25) is 0 Å². The van der Waals surface area contributed by atoms with Crippen LogP contribution in [0.25, 0.3) is 0 Å². The third-order valence-corrected chi connectivity index (χ3v) is 4.96. The lowest BCUT2D eigenvalue weighted by atomic mass is 10.1.